The zero-order valence-electron chi connectivity index (χ0n) is 8.61. The third kappa shape index (κ3) is 3.55. The molecule has 1 rings (SSSR count). The Hall–Kier alpha value is -1.54. The molecular weight excluding hydrogens is 220 g/mol. The van der Waals surface area contributed by atoms with E-state index in [-0.39, 0.29) is 12.5 Å². The SMILES string of the molecule is Cc1cc(NCC(O)C(F)F)nc(NN)n1. The van der Waals surface area contributed by atoms with Crippen molar-refractivity contribution in [2.75, 3.05) is 17.3 Å². The summed E-state index contributed by atoms with van der Waals surface area (Å²) in [6, 6.07) is 1.55. The molecule has 1 unspecified atom stereocenters. The topological polar surface area (TPSA) is 96.1 Å². The standard InChI is InChI=1S/C8H13F2N5O/c1-4-2-6(14-8(13-4)15-11)12-3-5(16)7(9)10/h2,5,7,16H,3,11H2,1H3,(H2,12,13,14,15). The summed E-state index contributed by atoms with van der Waals surface area (Å²) in [5, 5.41) is 11.5. The van der Waals surface area contributed by atoms with Crippen LogP contribution in [0.2, 0.25) is 0 Å². The van der Waals surface area contributed by atoms with Crippen molar-refractivity contribution in [1.29, 1.82) is 0 Å². The Labute approximate surface area is 90.9 Å². The Balaban J connectivity index is 2.63. The van der Waals surface area contributed by atoms with E-state index in [0.717, 1.165) is 0 Å². The van der Waals surface area contributed by atoms with Crippen LogP contribution in [0.5, 0.6) is 0 Å². The average Bonchev–Trinajstić information content (AvgIpc) is 2.24. The maximum atomic E-state index is 12.0. The van der Waals surface area contributed by atoms with Crippen molar-refractivity contribution >= 4 is 11.8 Å². The molecule has 0 aliphatic rings. The third-order valence-corrected chi connectivity index (χ3v) is 1.77. The molecule has 0 saturated carbocycles. The molecule has 0 bridgehead atoms. The van der Waals surface area contributed by atoms with E-state index < -0.39 is 12.5 Å². The minimum Gasteiger partial charge on any atom is -0.385 e. The van der Waals surface area contributed by atoms with Gasteiger partial charge in [0.15, 0.2) is 0 Å². The van der Waals surface area contributed by atoms with Crippen LogP contribution >= 0.6 is 0 Å². The lowest BCUT2D eigenvalue weighted by Gasteiger charge is -2.12. The van der Waals surface area contributed by atoms with E-state index in [2.05, 4.69) is 20.7 Å². The van der Waals surface area contributed by atoms with Gasteiger partial charge in [-0.15, -0.1) is 0 Å². The fourth-order valence-corrected chi connectivity index (χ4v) is 1.02. The van der Waals surface area contributed by atoms with Gasteiger partial charge in [-0.25, -0.2) is 19.6 Å². The fourth-order valence-electron chi connectivity index (χ4n) is 1.02. The van der Waals surface area contributed by atoms with Gasteiger partial charge in [-0.1, -0.05) is 0 Å². The molecule has 0 spiro atoms. The molecule has 0 aliphatic heterocycles. The van der Waals surface area contributed by atoms with Gasteiger partial charge in [-0.05, 0) is 6.92 Å². The van der Waals surface area contributed by atoms with E-state index in [4.69, 9.17) is 10.9 Å². The number of alkyl halides is 2. The summed E-state index contributed by atoms with van der Waals surface area (Å²) in [6.07, 6.45) is -4.52. The largest absolute Gasteiger partial charge is 0.385 e. The summed E-state index contributed by atoms with van der Waals surface area (Å²) in [4.78, 5) is 7.79. The predicted molar refractivity (Wildman–Crippen MR) is 55.1 cm³/mol. The molecule has 1 atom stereocenters. The number of nitrogens with zero attached hydrogens (tertiary/aromatic N) is 2. The normalized spacial score (nSPS) is 12.6. The molecule has 0 radical (unpaired) electrons. The van der Waals surface area contributed by atoms with Gasteiger partial charge < -0.3 is 10.4 Å². The maximum Gasteiger partial charge on any atom is 0.265 e. The Bertz CT molecular complexity index is 349. The number of anilines is 2. The molecule has 1 aromatic heterocycles. The number of halogens is 2. The first kappa shape index (κ1) is 12.5. The lowest BCUT2D eigenvalue weighted by atomic mass is 10.3. The molecular formula is C8H13F2N5O. The van der Waals surface area contributed by atoms with Crippen molar-refractivity contribution in [1.82, 2.24) is 9.97 Å². The molecule has 0 fully saturated rings. The molecule has 8 heteroatoms. The van der Waals surface area contributed by atoms with Gasteiger partial charge in [-0.2, -0.15) is 4.98 Å². The molecule has 0 amide bonds. The zero-order chi connectivity index (χ0) is 12.1. The summed E-state index contributed by atoms with van der Waals surface area (Å²) < 4.78 is 24.0. The molecule has 16 heavy (non-hydrogen) atoms. The van der Waals surface area contributed by atoms with Crippen molar-refractivity contribution in [3.63, 3.8) is 0 Å². The quantitative estimate of drug-likeness (QED) is 0.426. The van der Waals surface area contributed by atoms with E-state index in [0.29, 0.717) is 11.5 Å². The van der Waals surface area contributed by atoms with E-state index >= 15 is 0 Å². The van der Waals surface area contributed by atoms with Crippen LogP contribution in [-0.2, 0) is 0 Å². The predicted octanol–water partition coefficient (Wildman–Crippen LogP) is 0.109. The van der Waals surface area contributed by atoms with Gasteiger partial charge in [-0.3, -0.25) is 5.43 Å². The van der Waals surface area contributed by atoms with Crippen molar-refractivity contribution in [3.8, 4) is 0 Å². The first-order valence-corrected chi connectivity index (χ1v) is 4.55. The highest BCUT2D eigenvalue weighted by atomic mass is 19.3. The van der Waals surface area contributed by atoms with E-state index in [1.165, 1.54) is 0 Å². The molecule has 0 aliphatic carbocycles. The van der Waals surface area contributed by atoms with Gasteiger partial charge in [0.05, 0.1) is 0 Å². The lowest BCUT2D eigenvalue weighted by molar-refractivity contribution is 0.00381. The van der Waals surface area contributed by atoms with Gasteiger partial charge in [0, 0.05) is 18.3 Å². The van der Waals surface area contributed by atoms with E-state index in [1.807, 2.05) is 0 Å². The Morgan fingerprint density at radius 3 is 2.75 bits per heavy atom. The van der Waals surface area contributed by atoms with Crippen LogP contribution in [-0.4, -0.2) is 34.1 Å². The molecule has 0 aromatic carbocycles. The van der Waals surface area contributed by atoms with E-state index in [1.54, 1.807) is 13.0 Å². The molecule has 1 heterocycles. The molecule has 1 aromatic rings. The Morgan fingerprint density at radius 2 is 2.19 bits per heavy atom. The lowest BCUT2D eigenvalue weighted by Crippen LogP contribution is -2.27. The summed E-state index contributed by atoms with van der Waals surface area (Å²) in [7, 11) is 0. The summed E-state index contributed by atoms with van der Waals surface area (Å²) in [5.74, 6) is 5.61. The first-order chi connectivity index (χ1) is 7.52. The highest BCUT2D eigenvalue weighted by molar-refractivity contribution is 5.41. The second-order valence-corrected chi connectivity index (χ2v) is 3.15. The first-order valence-electron chi connectivity index (χ1n) is 4.55. The van der Waals surface area contributed by atoms with Crippen LogP contribution in [0.4, 0.5) is 20.5 Å². The number of hydrazine groups is 1. The minimum absolute atomic E-state index is 0.175. The number of aromatic nitrogens is 2. The smallest absolute Gasteiger partial charge is 0.265 e. The number of nitrogens with one attached hydrogen (secondary N) is 2. The highest BCUT2D eigenvalue weighted by Gasteiger charge is 2.16. The van der Waals surface area contributed by atoms with Gasteiger partial charge in [0.25, 0.3) is 6.43 Å². The monoisotopic (exact) mass is 233 g/mol. The van der Waals surface area contributed by atoms with Crippen LogP contribution in [0, 0.1) is 6.92 Å². The summed E-state index contributed by atoms with van der Waals surface area (Å²) >= 11 is 0. The highest BCUT2D eigenvalue weighted by Crippen LogP contribution is 2.09. The average molecular weight is 233 g/mol. The van der Waals surface area contributed by atoms with Crippen molar-refractivity contribution in [2.45, 2.75) is 19.5 Å². The fraction of sp³-hybridized carbons (Fsp3) is 0.500. The number of hydrogen-bond acceptors (Lipinski definition) is 6. The number of aliphatic hydroxyl groups excluding tert-OH is 1. The summed E-state index contributed by atoms with van der Waals surface area (Å²) in [5.41, 5.74) is 2.87. The minimum atomic E-state index is -2.79. The van der Waals surface area contributed by atoms with Crippen LogP contribution < -0.4 is 16.6 Å². The molecule has 5 N–H and O–H groups in total. The van der Waals surface area contributed by atoms with Crippen molar-refractivity contribution in [3.05, 3.63) is 11.8 Å². The number of nitrogens with two attached hydrogens (primary N) is 1. The number of aliphatic hydroxyl groups is 1. The third-order valence-electron chi connectivity index (χ3n) is 1.77. The van der Waals surface area contributed by atoms with Crippen LogP contribution in [0.25, 0.3) is 0 Å². The van der Waals surface area contributed by atoms with Gasteiger partial charge >= 0.3 is 0 Å². The van der Waals surface area contributed by atoms with Gasteiger partial charge in [0.1, 0.15) is 11.9 Å². The number of nitrogen functional groups attached to an aromatic ring is 1. The number of aryl methyl sites for hydroxylation is 1. The van der Waals surface area contributed by atoms with Crippen molar-refractivity contribution < 1.29 is 13.9 Å². The van der Waals surface area contributed by atoms with Gasteiger partial charge in [0.2, 0.25) is 5.95 Å². The molecule has 0 saturated heterocycles. The van der Waals surface area contributed by atoms with Crippen LogP contribution in [0.1, 0.15) is 5.69 Å². The second kappa shape index (κ2) is 5.52. The van der Waals surface area contributed by atoms with Crippen LogP contribution in [0.3, 0.4) is 0 Å². The second-order valence-electron chi connectivity index (χ2n) is 3.15. The Morgan fingerprint density at radius 1 is 1.50 bits per heavy atom. The number of hydrogen-bond donors (Lipinski definition) is 4. The molecule has 6 nitrogen and oxygen atoms in total. The number of rotatable bonds is 5. The van der Waals surface area contributed by atoms with Crippen LogP contribution in [0.15, 0.2) is 6.07 Å². The zero-order valence-corrected chi connectivity index (χ0v) is 8.61. The Kier molecular flexibility index (Phi) is 4.32. The maximum absolute atomic E-state index is 12.0. The molecule has 90 valence electrons. The van der Waals surface area contributed by atoms with Crippen molar-refractivity contribution in [2.24, 2.45) is 5.84 Å². The summed E-state index contributed by atoms with van der Waals surface area (Å²) in [6.45, 7) is 1.41. The van der Waals surface area contributed by atoms with E-state index in [9.17, 15) is 8.78 Å².